The lowest BCUT2D eigenvalue weighted by Crippen LogP contribution is -2.10. The number of ether oxygens (including phenoxy) is 1. The minimum atomic E-state index is -0.526. The van der Waals surface area contributed by atoms with Crippen LogP contribution < -0.4 is 11.3 Å². The molecule has 0 aliphatic carbocycles. The van der Waals surface area contributed by atoms with Crippen LogP contribution in [-0.4, -0.2) is 29.9 Å². The quantitative estimate of drug-likeness (QED) is 0.355. The van der Waals surface area contributed by atoms with Crippen LogP contribution in [-0.2, 0) is 11.5 Å². The molecule has 2 rings (SSSR count). The van der Waals surface area contributed by atoms with E-state index in [1.165, 1.54) is 6.04 Å². The van der Waals surface area contributed by atoms with Crippen molar-refractivity contribution in [2.75, 3.05) is 12.0 Å². The number of nitrogens with two attached hydrogens (primary N) is 1. The van der Waals surface area contributed by atoms with Crippen molar-refractivity contribution in [2.24, 2.45) is 5.84 Å². The summed E-state index contributed by atoms with van der Waals surface area (Å²) in [6, 6.07) is 3.11. The van der Waals surface area contributed by atoms with Crippen LogP contribution in [0.5, 0.6) is 0 Å². The zero-order chi connectivity index (χ0) is 13.0. The molecule has 0 aliphatic rings. The largest absolute Gasteiger partial charge is 0.361 e. The van der Waals surface area contributed by atoms with Gasteiger partial charge in [0.15, 0.2) is 11.5 Å². The number of aromatic nitrogens is 3. The van der Waals surface area contributed by atoms with E-state index in [0.717, 1.165) is 17.8 Å². The third-order valence-corrected chi connectivity index (χ3v) is 4.07. The van der Waals surface area contributed by atoms with Crippen LogP contribution in [0.25, 0.3) is 11.2 Å². The van der Waals surface area contributed by atoms with Gasteiger partial charge >= 0.3 is 0 Å². The summed E-state index contributed by atoms with van der Waals surface area (Å²) < 4.78 is 7.59. The maximum atomic E-state index is 5.64. The summed E-state index contributed by atoms with van der Waals surface area (Å²) in [7, 11) is -0.526. The SMILES string of the molecule is C[SiH](C)CCOCn1ccc2nc(NN)cnc21. The Kier molecular flexibility index (Phi) is 4.29. The molecule has 0 radical (unpaired) electrons. The lowest BCUT2D eigenvalue weighted by molar-refractivity contribution is 0.0902. The van der Waals surface area contributed by atoms with Gasteiger partial charge in [-0.2, -0.15) is 0 Å². The number of anilines is 1. The van der Waals surface area contributed by atoms with Crippen molar-refractivity contribution in [3.05, 3.63) is 18.5 Å². The summed E-state index contributed by atoms with van der Waals surface area (Å²) in [5.74, 6) is 5.86. The Morgan fingerprint density at radius 1 is 1.50 bits per heavy atom. The molecule has 2 heterocycles. The van der Waals surface area contributed by atoms with Crippen LogP contribution in [0.3, 0.4) is 0 Å². The van der Waals surface area contributed by atoms with Crippen molar-refractivity contribution in [1.29, 1.82) is 0 Å². The fourth-order valence-electron chi connectivity index (χ4n) is 1.62. The number of nitrogens with one attached hydrogen (secondary N) is 1. The van der Waals surface area contributed by atoms with E-state index < -0.39 is 8.80 Å². The highest BCUT2D eigenvalue weighted by atomic mass is 28.3. The Balaban J connectivity index is 2.01. The van der Waals surface area contributed by atoms with Crippen molar-refractivity contribution >= 4 is 25.8 Å². The molecule has 6 nitrogen and oxygen atoms in total. The number of nitrogen functional groups attached to an aromatic ring is 1. The Labute approximate surface area is 108 Å². The first kappa shape index (κ1) is 13.0. The first-order valence-corrected chi connectivity index (χ1v) is 9.19. The maximum absolute atomic E-state index is 5.64. The highest BCUT2D eigenvalue weighted by Crippen LogP contribution is 2.13. The van der Waals surface area contributed by atoms with E-state index in [2.05, 4.69) is 28.5 Å². The van der Waals surface area contributed by atoms with E-state index in [4.69, 9.17) is 10.6 Å². The molecule has 0 fully saturated rings. The Morgan fingerprint density at radius 2 is 2.33 bits per heavy atom. The summed E-state index contributed by atoms with van der Waals surface area (Å²) in [6.07, 6.45) is 3.54. The normalized spacial score (nSPS) is 11.3. The topological polar surface area (TPSA) is 78.0 Å². The van der Waals surface area contributed by atoms with Gasteiger partial charge in [-0.1, -0.05) is 13.1 Å². The summed E-state index contributed by atoms with van der Waals surface area (Å²) >= 11 is 0. The van der Waals surface area contributed by atoms with Crippen molar-refractivity contribution in [3.8, 4) is 0 Å². The number of hydrazine groups is 1. The van der Waals surface area contributed by atoms with Crippen LogP contribution in [0.1, 0.15) is 0 Å². The number of hydrogen-bond acceptors (Lipinski definition) is 5. The fraction of sp³-hybridized carbons (Fsp3) is 0.455. The minimum absolute atomic E-state index is 0.523. The fourth-order valence-corrected chi connectivity index (χ4v) is 2.26. The predicted octanol–water partition coefficient (Wildman–Crippen LogP) is 1.18. The number of nitrogens with zero attached hydrogens (tertiary/aromatic N) is 3. The molecule has 0 saturated heterocycles. The van der Waals surface area contributed by atoms with Gasteiger partial charge in [-0.25, -0.2) is 15.8 Å². The highest BCUT2D eigenvalue weighted by Gasteiger charge is 2.05. The lowest BCUT2D eigenvalue weighted by atomic mass is 10.5. The molecule has 18 heavy (non-hydrogen) atoms. The molecule has 2 aromatic rings. The predicted molar refractivity (Wildman–Crippen MR) is 75.0 cm³/mol. The average Bonchev–Trinajstić information content (AvgIpc) is 2.76. The van der Waals surface area contributed by atoms with Crippen molar-refractivity contribution in [1.82, 2.24) is 14.5 Å². The highest BCUT2D eigenvalue weighted by molar-refractivity contribution is 6.55. The molecule has 0 amide bonds. The Hall–Kier alpha value is -1.44. The van der Waals surface area contributed by atoms with Gasteiger partial charge < -0.3 is 14.7 Å². The monoisotopic (exact) mass is 265 g/mol. The molecule has 0 unspecified atom stereocenters. The number of rotatable bonds is 6. The molecule has 2 aromatic heterocycles. The standard InChI is InChI=1S/C11H19N5OSi/c1-18(2)6-5-17-8-16-4-3-9-11(16)13-7-10(14-9)15-12/h3-4,7,18H,5-6,8,12H2,1-2H3,(H,14,15). The summed E-state index contributed by atoms with van der Waals surface area (Å²) in [4.78, 5) is 8.62. The molecule has 0 bridgehead atoms. The van der Waals surface area contributed by atoms with Crippen molar-refractivity contribution in [2.45, 2.75) is 25.9 Å². The molecule has 98 valence electrons. The van der Waals surface area contributed by atoms with Crippen LogP contribution in [0.4, 0.5) is 5.82 Å². The maximum Gasteiger partial charge on any atom is 0.160 e. The van der Waals surface area contributed by atoms with Gasteiger partial charge in [0.05, 0.1) is 6.20 Å². The number of fused-ring (bicyclic) bond motifs is 1. The molecule has 0 saturated carbocycles. The van der Waals surface area contributed by atoms with E-state index in [0.29, 0.717) is 12.5 Å². The first-order chi connectivity index (χ1) is 8.70. The van der Waals surface area contributed by atoms with Crippen LogP contribution >= 0.6 is 0 Å². The zero-order valence-corrected chi connectivity index (χ0v) is 11.9. The molecule has 0 spiro atoms. The van der Waals surface area contributed by atoms with Crippen molar-refractivity contribution in [3.63, 3.8) is 0 Å². The second-order valence-electron chi connectivity index (χ2n) is 4.61. The molecule has 0 atom stereocenters. The zero-order valence-electron chi connectivity index (χ0n) is 10.8. The van der Waals surface area contributed by atoms with Crippen LogP contribution in [0.2, 0.25) is 19.1 Å². The third kappa shape index (κ3) is 3.06. The van der Waals surface area contributed by atoms with E-state index in [-0.39, 0.29) is 0 Å². The van der Waals surface area contributed by atoms with Gasteiger partial charge in [-0.05, 0) is 12.1 Å². The van der Waals surface area contributed by atoms with Gasteiger partial charge in [0.2, 0.25) is 0 Å². The Morgan fingerprint density at radius 3 is 3.06 bits per heavy atom. The molecular formula is C11H19N5OSi. The molecule has 0 aliphatic heterocycles. The van der Waals surface area contributed by atoms with E-state index >= 15 is 0 Å². The van der Waals surface area contributed by atoms with Crippen LogP contribution in [0.15, 0.2) is 18.5 Å². The second kappa shape index (κ2) is 5.94. The summed E-state index contributed by atoms with van der Waals surface area (Å²) in [6.45, 7) is 5.98. The third-order valence-electron chi connectivity index (χ3n) is 2.68. The molecular weight excluding hydrogens is 246 g/mol. The Bertz CT molecular complexity index is 513. The lowest BCUT2D eigenvalue weighted by Gasteiger charge is -2.07. The van der Waals surface area contributed by atoms with E-state index in [1.807, 2.05) is 16.8 Å². The average molecular weight is 265 g/mol. The first-order valence-electron chi connectivity index (χ1n) is 6.07. The van der Waals surface area contributed by atoms with E-state index in [1.54, 1.807) is 6.20 Å². The van der Waals surface area contributed by atoms with Gasteiger partial charge in [-0.15, -0.1) is 0 Å². The van der Waals surface area contributed by atoms with Gasteiger partial charge in [0, 0.05) is 21.6 Å². The van der Waals surface area contributed by atoms with E-state index in [9.17, 15) is 0 Å². The molecule has 7 heteroatoms. The van der Waals surface area contributed by atoms with Gasteiger partial charge in [-0.3, -0.25) is 0 Å². The second-order valence-corrected chi connectivity index (χ2v) is 7.98. The minimum Gasteiger partial charge on any atom is -0.361 e. The molecule has 0 aromatic carbocycles. The van der Waals surface area contributed by atoms with Crippen LogP contribution in [0, 0.1) is 0 Å². The smallest absolute Gasteiger partial charge is 0.160 e. The number of hydrogen-bond donors (Lipinski definition) is 2. The summed E-state index contributed by atoms with van der Waals surface area (Å²) in [5.41, 5.74) is 4.11. The van der Waals surface area contributed by atoms with Crippen molar-refractivity contribution < 1.29 is 4.74 Å². The van der Waals surface area contributed by atoms with Gasteiger partial charge in [0.1, 0.15) is 12.2 Å². The summed E-state index contributed by atoms with van der Waals surface area (Å²) in [5, 5.41) is 0. The van der Waals surface area contributed by atoms with Gasteiger partial charge in [0.25, 0.3) is 0 Å². The molecule has 3 N–H and O–H groups in total.